The van der Waals surface area contributed by atoms with Crippen LogP contribution in [-0.4, -0.2) is 55.2 Å². The van der Waals surface area contributed by atoms with Crippen LogP contribution in [0.25, 0.3) is 0 Å². The molecule has 1 rings (SSSR count). The molecule has 1 aliphatic heterocycles. The molecule has 1 aliphatic rings. The Hall–Kier alpha value is -1.30. The molecule has 0 unspecified atom stereocenters. The normalized spacial score (nSPS) is 15.8. The summed E-state index contributed by atoms with van der Waals surface area (Å²) in [5, 5.41) is 5.68. The van der Waals surface area contributed by atoms with Crippen molar-refractivity contribution >= 4 is 12.0 Å². The zero-order valence-corrected chi connectivity index (χ0v) is 12.8. The van der Waals surface area contributed by atoms with E-state index >= 15 is 0 Å². The average molecular weight is 285 g/mol. The van der Waals surface area contributed by atoms with E-state index in [9.17, 15) is 9.59 Å². The molecule has 2 N–H and O–H groups in total. The highest BCUT2D eigenvalue weighted by Gasteiger charge is 2.16. The minimum absolute atomic E-state index is 0.141. The molecule has 0 aromatic carbocycles. The Morgan fingerprint density at radius 3 is 2.35 bits per heavy atom. The second-order valence-corrected chi connectivity index (χ2v) is 6.05. The monoisotopic (exact) mass is 285 g/mol. The highest BCUT2D eigenvalue weighted by Crippen LogP contribution is 2.08. The van der Waals surface area contributed by atoms with E-state index in [0.29, 0.717) is 19.6 Å². The van der Waals surface area contributed by atoms with Crippen molar-refractivity contribution in [2.75, 3.05) is 32.7 Å². The fourth-order valence-electron chi connectivity index (χ4n) is 2.02. The minimum Gasteiger partial charge on any atom is -0.444 e. The van der Waals surface area contributed by atoms with Gasteiger partial charge in [-0.2, -0.15) is 0 Å². The summed E-state index contributed by atoms with van der Waals surface area (Å²) < 4.78 is 5.11. The van der Waals surface area contributed by atoms with Crippen LogP contribution >= 0.6 is 0 Å². The van der Waals surface area contributed by atoms with Crippen molar-refractivity contribution in [2.24, 2.45) is 0 Å². The molecule has 1 heterocycles. The van der Waals surface area contributed by atoms with Crippen molar-refractivity contribution in [2.45, 2.75) is 45.6 Å². The molecular weight excluding hydrogens is 258 g/mol. The molecule has 0 bridgehead atoms. The molecule has 20 heavy (non-hydrogen) atoms. The number of rotatable bonds is 5. The lowest BCUT2D eigenvalue weighted by atomic mass is 10.1. The first-order valence-corrected chi connectivity index (χ1v) is 7.34. The Bertz CT molecular complexity index is 320. The molecular formula is C14H27N3O3. The van der Waals surface area contributed by atoms with Crippen LogP contribution in [0.3, 0.4) is 0 Å². The maximum Gasteiger partial charge on any atom is 0.407 e. The summed E-state index contributed by atoms with van der Waals surface area (Å²) in [5.74, 6) is 0.141. The van der Waals surface area contributed by atoms with Crippen LogP contribution in [0.15, 0.2) is 0 Å². The van der Waals surface area contributed by atoms with E-state index in [0.717, 1.165) is 25.9 Å². The Balaban J connectivity index is 2.04. The number of carbonyl (C=O) groups is 2. The van der Waals surface area contributed by atoms with Crippen molar-refractivity contribution in [3.05, 3.63) is 0 Å². The SMILES string of the molecule is CC(C)(C)OC(=O)NCCNCC(=O)N1CCCCC1. The van der Waals surface area contributed by atoms with Crippen LogP contribution in [-0.2, 0) is 9.53 Å². The van der Waals surface area contributed by atoms with Crippen molar-refractivity contribution in [3.63, 3.8) is 0 Å². The predicted octanol–water partition coefficient (Wildman–Crippen LogP) is 1.11. The lowest BCUT2D eigenvalue weighted by Crippen LogP contribution is -2.43. The number of hydrogen-bond acceptors (Lipinski definition) is 4. The topological polar surface area (TPSA) is 70.7 Å². The number of ether oxygens (including phenoxy) is 1. The first-order valence-electron chi connectivity index (χ1n) is 7.34. The summed E-state index contributed by atoms with van der Waals surface area (Å²) in [6.45, 7) is 8.54. The van der Waals surface area contributed by atoms with Gasteiger partial charge in [0.25, 0.3) is 0 Å². The smallest absolute Gasteiger partial charge is 0.407 e. The molecule has 0 aliphatic carbocycles. The highest BCUT2D eigenvalue weighted by molar-refractivity contribution is 5.78. The summed E-state index contributed by atoms with van der Waals surface area (Å²) in [7, 11) is 0. The fraction of sp³-hybridized carbons (Fsp3) is 0.857. The molecule has 1 saturated heterocycles. The van der Waals surface area contributed by atoms with Gasteiger partial charge in [0.2, 0.25) is 5.91 Å². The number of nitrogens with zero attached hydrogens (tertiary/aromatic N) is 1. The van der Waals surface area contributed by atoms with Gasteiger partial charge in [0, 0.05) is 26.2 Å². The summed E-state index contributed by atoms with van der Waals surface area (Å²) in [4.78, 5) is 25.1. The van der Waals surface area contributed by atoms with Crippen LogP contribution in [0.4, 0.5) is 4.79 Å². The van der Waals surface area contributed by atoms with Gasteiger partial charge in [-0.15, -0.1) is 0 Å². The molecule has 1 fully saturated rings. The average Bonchev–Trinajstić information content (AvgIpc) is 2.37. The lowest BCUT2D eigenvalue weighted by molar-refractivity contribution is -0.131. The third kappa shape index (κ3) is 7.33. The zero-order chi connectivity index (χ0) is 15.0. The molecule has 6 nitrogen and oxygen atoms in total. The Labute approximate surface area is 121 Å². The van der Waals surface area contributed by atoms with Gasteiger partial charge in [-0.3, -0.25) is 4.79 Å². The molecule has 0 saturated carbocycles. The van der Waals surface area contributed by atoms with Crippen molar-refractivity contribution in [3.8, 4) is 0 Å². The second-order valence-electron chi connectivity index (χ2n) is 6.05. The minimum atomic E-state index is -0.484. The molecule has 116 valence electrons. The zero-order valence-electron chi connectivity index (χ0n) is 12.8. The van der Waals surface area contributed by atoms with E-state index in [1.165, 1.54) is 6.42 Å². The van der Waals surface area contributed by atoms with Crippen molar-refractivity contribution in [1.29, 1.82) is 0 Å². The highest BCUT2D eigenvalue weighted by atomic mass is 16.6. The van der Waals surface area contributed by atoms with Crippen LogP contribution < -0.4 is 10.6 Å². The Kier molecular flexibility index (Phi) is 6.78. The number of carbonyl (C=O) groups excluding carboxylic acids is 2. The van der Waals surface area contributed by atoms with Gasteiger partial charge in [0.15, 0.2) is 0 Å². The van der Waals surface area contributed by atoms with E-state index in [4.69, 9.17) is 4.74 Å². The second kappa shape index (κ2) is 8.09. The molecule has 2 amide bonds. The van der Waals surface area contributed by atoms with Crippen molar-refractivity contribution in [1.82, 2.24) is 15.5 Å². The van der Waals surface area contributed by atoms with Crippen LogP contribution in [0.2, 0.25) is 0 Å². The lowest BCUT2D eigenvalue weighted by Gasteiger charge is -2.26. The van der Waals surface area contributed by atoms with E-state index in [-0.39, 0.29) is 5.91 Å². The standard InChI is InChI=1S/C14H27N3O3/c1-14(2,3)20-13(19)16-8-7-15-11-12(18)17-9-5-4-6-10-17/h15H,4-11H2,1-3H3,(H,16,19). The quantitative estimate of drug-likeness (QED) is 0.742. The third-order valence-electron chi connectivity index (χ3n) is 2.95. The predicted molar refractivity (Wildman–Crippen MR) is 77.5 cm³/mol. The van der Waals surface area contributed by atoms with Crippen LogP contribution in [0.5, 0.6) is 0 Å². The first kappa shape index (κ1) is 16.8. The molecule has 0 aromatic heterocycles. The van der Waals surface area contributed by atoms with Crippen LogP contribution in [0.1, 0.15) is 40.0 Å². The van der Waals surface area contributed by atoms with Crippen molar-refractivity contribution < 1.29 is 14.3 Å². The summed E-state index contributed by atoms with van der Waals surface area (Å²) >= 11 is 0. The van der Waals surface area contributed by atoms with Gasteiger partial charge < -0.3 is 20.3 Å². The number of piperidine rings is 1. The third-order valence-corrected chi connectivity index (χ3v) is 2.95. The van der Waals surface area contributed by atoms with Gasteiger partial charge in [0.05, 0.1) is 6.54 Å². The van der Waals surface area contributed by atoms with E-state index in [1.807, 2.05) is 25.7 Å². The Morgan fingerprint density at radius 2 is 1.75 bits per heavy atom. The van der Waals surface area contributed by atoms with Gasteiger partial charge in [-0.05, 0) is 40.0 Å². The molecule has 0 atom stereocenters. The molecule has 0 radical (unpaired) electrons. The van der Waals surface area contributed by atoms with Gasteiger partial charge >= 0.3 is 6.09 Å². The first-order chi connectivity index (χ1) is 9.38. The Morgan fingerprint density at radius 1 is 1.10 bits per heavy atom. The number of likely N-dealkylation sites (tertiary alicyclic amines) is 1. The number of alkyl carbamates (subject to hydrolysis) is 1. The van der Waals surface area contributed by atoms with E-state index < -0.39 is 11.7 Å². The molecule has 0 aromatic rings. The summed E-state index contributed by atoms with van der Waals surface area (Å²) in [6, 6.07) is 0. The number of hydrogen-bond donors (Lipinski definition) is 2. The van der Waals surface area contributed by atoms with Gasteiger partial charge in [-0.25, -0.2) is 4.79 Å². The fourth-order valence-corrected chi connectivity index (χ4v) is 2.02. The van der Waals surface area contributed by atoms with Gasteiger partial charge in [0.1, 0.15) is 5.60 Å². The number of amides is 2. The largest absolute Gasteiger partial charge is 0.444 e. The molecule has 6 heteroatoms. The summed E-state index contributed by atoms with van der Waals surface area (Å²) in [6.07, 6.45) is 3.00. The summed E-state index contributed by atoms with van der Waals surface area (Å²) in [5.41, 5.74) is -0.484. The van der Waals surface area contributed by atoms with E-state index in [2.05, 4.69) is 10.6 Å². The maximum absolute atomic E-state index is 11.8. The molecule has 0 spiro atoms. The van der Waals surface area contributed by atoms with Crippen LogP contribution in [0, 0.1) is 0 Å². The maximum atomic E-state index is 11.8. The van der Waals surface area contributed by atoms with Gasteiger partial charge in [-0.1, -0.05) is 0 Å². The van der Waals surface area contributed by atoms with E-state index in [1.54, 1.807) is 0 Å². The number of nitrogens with one attached hydrogen (secondary N) is 2.